The van der Waals surface area contributed by atoms with Gasteiger partial charge < -0.3 is 5.32 Å². The molecular formula is C14H11BrN2S2. The molecule has 0 bridgehead atoms. The van der Waals surface area contributed by atoms with Crippen molar-refractivity contribution in [2.24, 2.45) is 0 Å². The molecule has 1 N–H and O–H groups in total. The van der Waals surface area contributed by atoms with Gasteiger partial charge in [-0.2, -0.15) is 0 Å². The molecule has 3 rings (SSSR count). The fourth-order valence-electron chi connectivity index (χ4n) is 1.76. The van der Waals surface area contributed by atoms with Gasteiger partial charge in [-0.3, -0.25) is 0 Å². The molecule has 96 valence electrons. The Kier molecular flexibility index (Phi) is 3.96. The maximum atomic E-state index is 4.34. The van der Waals surface area contributed by atoms with E-state index in [1.165, 1.54) is 8.66 Å². The van der Waals surface area contributed by atoms with Crippen LogP contribution in [-0.2, 0) is 6.54 Å². The average Bonchev–Trinajstić information content (AvgIpc) is 3.08. The van der Waals surface area contributed by atoms with Crippen LogP contribution in [0.4, 0.5) is 5.69 Å². The fraction of sp³-hybridized carbons (Fsp3) is 0.0714. The molecule has 0 unspecified atom stereocenters. The van der Waals surface area contributed by atoms with Crippen LogP contribution < -0.4 is 5.32 Å². The van der Waals surface area contributed by atoms with Gasteiger partial charge in [0, 0.05) is 34.2 Å². The third-order valence-electron chi connectivity index (χ3n) is 2.64. The lowest BCUT2D eigenvalue weighted by atomic mass is 10.2. The standard InChI is InChI=1S/C14H11BrN2S2/c15-13-5-4-12(19-13)9-17-11-3-1-2-10(8-11)14-16-6-7-18-14/h1-8,17H,9H2. The maximum Gasteiger partial charge on any atom is 0.123 e. The molecule has 0 aliphatic heterocycles. The molecule has 0 saturated carbocycles. The number of hydrogen-bond donors (Lipinski definition) is 1. The van der Waals surface area contributed by atoms with E-state index in [0.717, 1.165) is 22.8 Å². The number of benzene rings is 1. The SMILES string of the molecule is Brc1ccc(CNc2cccc(-c3nccs3)c2)s1. The third-order valence-corrected chi connectivity index (χ3v) is 5.08. The highest BCUT2D eigenvalue weighted by Gasteiger charge is 2.02. The highest BCUT2D eigenvalue weighted by atomic mass is 79.9. The first-order chi connectivity index (χ1) is 9.31. The second-order valence-electron chi connectivity index (χ2n) is 3.98. The van der Waals surface area contributed by atoms with Gasteiger partial charge in [0.05, 0.1) is 3.79 Å². The van der Waals surface area contributed by atoms with Gasteiger partial charge >= 0.3 is 0 Å². The molecular weight excluding hydrogens is 340 g/mol. The average molecular weight is 351 g/mol. The van der Waals surface area contributed by atoms with Crippen molar-refractivity contribution < 1.29 is 0 Å². The molecule has 0 fully saturated rings. The lowest BCUT2D eigenvalue weighted by Crippen LogP contribution is -1.97. The number of thiophene rings is 1. The van der Waals surface area contributed by atoms with Gasteiger partial charge in [-0.15, -0.1) is 22.7 Å². The molecule has 0 spiro atoms. The molecule has 2 aromatic heterocycles. The smallest absolute Gasteiger partial charge is 0.123 e. The van der Waals surface area contributed by atoms with Crippen molar-refractivity contribution in [1.29, 1.82) is 0 Å². The Labute approximate surface area is 128 Å². The quantitative estimate of drug-likeness (QED) is 0.695. The normalized spacial score (nSPS) is 10.6. The summed E-state index contributed by atoms with van der Waals surface area (Å²) < 4.78 is 1.17. The first-order valence-electron chi connectivity index (χ1n) is 5.79. The van der Waals surface area contributed by atoms with E-state index in [2.05, 4.69) is 62.6 Å². The molecule has 0 atom stereocenters. The van der Waals surface area contributed by atoms with Crippen LogP contribution in [0.15, 0.2) is 51.8 Å². The van der Waals surface area contributed by atoms with Crippen molar-refractivity contribution in [2.45, 2.75) is 6.54 Å². The fourth-order valence-corrected chi connectivity index (χ4v) is 3.82. The summed E-state index contributed by atoms with van der Waals surface area (Å²) in [5.74, 6) is 0. The predicted octanol–water partition coefficient (Wildman–Crippen LogP) is 5.25. The Morgan fingerprint density at radius 2 is 2.16 bits per heavy atom. The van der Waals surface area contributed by atoms with Gasteiger partial charge in [0.25, 0.3) is 0 Å². The van der Waals surface area contributed by atoms with Crippen LogP contribution >= 0.6 is 38.6 Å². The number of aromatic nitrogens is 1. The first kappa shape index (κ1) is 12.8. The van der Waals surface area contributed by atoms with E-state index < -0.39 is 0 Å². The van der Waals surface area contributed by atoms with E-state index in [4.69, 9.17) is 0 Å². The molecule has 0 amide bonds. The van der Waals surface area contributed by atoms with E-state index in [-0.39, 0.29) is 0 Å². The van der Waals surface area contributed by atoms with Gasteiger partial charge in [-0.1, -0.05) is 12.1 Å². The van der Waals surface area contributed by atoms with E-state index in [1.54, 1.807) is 22.7 Å². The minimum absolute atomic E-state index is 0.845. The number of hydrogen-bond acceptors (Lipinski definition) is 4. The minimum Gasteiger partial charge on any atom is -0.380 e. The highest BCUT2D eigenvalue weighted by Crippen LogP contribution is 2.26. The Balaban J connectivity index is 1.73. The monoisotopic (exact) mass is 350 g/mol. The Morgan fingerprint density at radius 3 is 2.89 bits per heavy atom. The van der Waals surface area contributed by atoms with Gasteiger partial charge in [-0.25, -0.2) is 4.98 Å². The Hall–Kier alpha value is -1.17. The van der Waals surface area contributed by atoms with Crippen molar-refractivity contribution in [3.05, 3.63) is 56.6 Å². The molecule has 0 saturated heterocycles. The largest absolute Gasteiger partial charge is 0.380 e. The summed E-state index contributed by atoms with van der Waals surface area (Å²) in [4.78, 5) is 5.65. The minimum atomic E-state index is 0.845. The zero-order chi connectivity index (χ0) is 13.1. The number of nitrogens with zero attached hydrogens (tertiary/aromatic N) is 1. The van der Waals surface area contributed by atoms with Crippen LogP contribution in [0, 0.1) is 0 Å². The topological polar surface area (TPSA) is 24.9 Å². The predicted molar refractivity (Wildman–Crippen MR) is 86.9 cm³/mol. The van der Waals surface area contributed by atoms with Crippen LogP contribution in [0.5, 0.6) is 0 Å². The van der Waals surface area contributed by atoms with Crippen molar-refractivity contribution in [2.75, 3.05) is 5.32 Å². The van der Waals surface area contributed by atoms with E-state index in [1.807, 2.05) is 11.6 Å². The number of thiazole rings is 1. The van der Waals surface area contributed by atoms with Crippen LogP contribution in [0.3, 0.4) is 0 Å². The molecule has 2 heterocycles. The Bertz CT molecular complexity index is 662. The molecule has 19 heavy (non-hydrogen) atoms. The van der Waals surface area contributed by atoms with E-state index in [0.29, 0.717) is 0 Å². The summed E-state index contributed by atoms with van der Waals surface area (Å²) in [6.45, 7) is 0.845. The van der Waals surface area contributed by atoms with E-state index >= 15 is 0 Å². The van der Waals surface area contributed by atoms with Crippen molar-refractivity contribution in [1.82, 2.24) is 4.98 Å². The summed E-state index contributed by atoms with van der Waals surface area (Å²) >= 11 is 6.89. The molecule has 1 aromatic carbocycles. The number of nitrogens with one attached hydrogen (secondary N) is 1. The lowest BCUT2D eigenvalue weighted by Gasteiger charge is -2.06. The van der Waals surface area contributed by atoms with Gasteiger partial charge in [0.2, 0.25) is 0 Å². The third kappa shape index (κ3) is 3.23. The number of rotatable bonds is 4. The zero-order valence-electron chi connectivity index (χ0n) is 9.97. The molecule has 0 aliphatic carbocycles. The van der Waals surface area contributed by atoms with Crippen molar-refractivity contribution in [3.8, 4) is 10.6 Å². The Morgan fingerprint density at radius 1 is 1.21 bits per heavy atom. The molecule has 5 heteroatoms. The van der Waals surface area contributed by atoms with Gasteiger partial charge in [0.15, 0.2) is 0 Å². The molecule has 2 nitrogen and oxygen atoms in total. The van der Waals surface area contributed by atoms with E-state index in [9.17, 15) is 0 Å². The summed E-state index contributed by atoms with van der Waals surface area (Å²) in [6.07, 6.45) is 1.84. The van der Waals surface area contributed by atoms with Crippen LogP contribution in [0.1, 0.15) is 4.88 Å². The van der Waals surface area contributed by atoms with Crippen LogP contribution in [0.2, 0.25) is 0 Å². The van der Waals surface area contributed by atoms with Crippen LogP contribution in [-0.4, -0.2) is 4.98 Å². The second-order valence-corrected chi connectivity index (χ2v) is 7.42. The lowest BCUT2D eigenvalue weighted by molar-refractivity contribution is 1.19. The number of halogens is 1. The summed E-state index contributed by atoms with van der Waals surface area (Å²) in [5.41, 5.74) is 2.28. The van der Waals surface area contributed by atoms with Crippen LogP contribution in [0.25, 0.3) is 10.6 Å². The first-order valence-corrected chi connectivity index (χ1v) is 8.28. The van der Waals surface area contributed by atoms with Crippen molar-refractivity contribution >= 4 is 44.3 Å². The highest BCUT2D eigenvalue weighted by molar-refractivity contribution is 9.11. The molecule has 0 aliphatic rings. The summed E-state index contributed by atoms with van der Waals surface area (Å²) in [5, 5.41) is 6.50. The number of anilines is 1. The summed E-state index contributed by atoms with van der Waals surface area (Å²) in [6, 6.07) is 12.6. The summed E-state index contributed by atoms with van der Waals surface area (Å²) in [7, 11) is 0. The molecule has 0 radical (unpaired) electrons. The second kappa shape index (κ2) is 5.86. The zero-order valence-corrected chi connectivity index (χ0v) is 13.2. The molecule has 3 aromatic rings. The van der Waals surface area contributed by atoms with Crippen molar-refractivity contribution in [3.63, 3.8) is 0 Å². The maximum absolute atomic E-state index is 4.34. The van der Waals surface area contributed by atoms with Gasteiger partial charge in [0.1, 0.15) is 5.01 Å². The van der Waals surface area contributed by atoms with Gasteiger partial charge in [-0.05, 0) is 40.2 Å².